The lowest BCUT2D eigenvalue weighted by atomic mass is 9.91. The Balaban J connectivity index is 1.88. The molecule has 0 atom stereocenters. The molecule has 0 amide bonds. The van der Waals surface area contributed by atoms with E-state index in [1.54, 1.807) is 0 Å². The zero-order chi connectivity index (χ0) is 22.1. The van der Waals surface area contributed by atoms with Crippen LogP contribution in [0.1, 0.15) is 38.2 Å². The van der Waals surface area contributed by atoms with Crippen LogP contribution in [0.15, 0.2) is 35.2 Å². The van der Waals surface area contributed by atoms with E-state index in [9.17, 15) is 22.0 Å². The molecule has 0 bridgehead atoms. The minimum absolute atomic E-state index is 0.0413. The van der Waals surface area contributed by atoms with Crippen molar-refractivity contribution in [2.24, 2.45) is 4.99 Å². The Morgan fingerprint density at radius 2 is 2.10 bits per heavy atom. The van der Waals surface area contributed by atoms with E-state index < -0.39 is 48.5 Å². The number of aliphatic imine (C=N–C) groups is 1. The topological polar surface area (TPSA) is 73.9 Å². The lowest BCUT2D eigenvalue weighted by Crippen LogP contribution is -2.41. The largest absolute Gasteiger partial charge is 0.472 e. The molecule has 0 saturated heterocycles. The van der Waals surface area contributed by atoms with Crippen molar-refractivity contribution in [1.29, 1.82) is 0 Å². The second kappa shape index (κ2) is 8.09. The van der Waals surface area contributed by atoms with Crippen LogP contribution in [0.5, 0.6) is 0 Å². The van der Waals surface area contributed by atoms with Gasteiger partial charge >= 0.3 is 6.11 Å². The summed E-state index contributed by atoms with van der Waals surface area (Å²) >= 11 is 0. The van der Waals surface area contributed by atoms with Crippen molar-refractivity contribution >= 4 is 17.9 Å². The lowest BCUT2D eigenvalue weighted by Gasteiger charge is -2.34. The van der Waals surface area contributed by atoms with Crippen molar-refractivity contribution in [2.75, 3.05) is 6.61 Å². The van der Waals surface area contributed by atoms with Crippen molar-refractivity contribution < 1.29 is 31.4 Å². The van der Waals surface area contributed by atoms with Crippen LogP contribution in [0.4, 0.5) is 22.0 Å². The number of aromatic nitrogens is 4. The van der Waals surface area contributed by atoms with Crippen LogP contribution < -0.4 is 0 Å². The Morgan fingerprint density at radius 3 is 2.70 bits per heavy atom. The zero-order valence-electron chi connectivity index (χ0n) is 16.1. The third kappa shape index (κ3) is 4.48. The van der Waals surface area contributed by atoms with Crippen LogP contribution in [0, 0.1) is 0 Å². The number of halogens is 5. The Morgan fingerprint density at radius 1 is 1.40 bits per heavy atom. The summed E-state index contributed by atoms with van der Waals surface area (Å²) in [5.74, 6) is -5.10. The first-order chi connectivity index (χ1) is 14.1. The highest BCUT2D eigenvalue weighted by molar-refractivity contribution is 5.63. The molecule has 2 heterocycles. The third-order valence-corrected chi connectivity index (χ3v) is 4.30. The minimum atomic E-state index is -3.69. The van der Waals surface area contributed by atoms with Crippen LogP contribution in [-0.4, -0.2) is 44.9 Å². The van der Waals surface area contributed by atoms with Gasteiger partial charge in [0.05, 0.1) is 18.5 Å². The van der Waals surface area contributed by atoms with Crippen molar-refractivity contribution in [2.45, 2.75) is 44.8 Å². The van der Waals surface area contributed by atoms with Gasteiger partial charge in [0.2, 0.25) is 11.7 Å². The van der Waals surface area contributed by atoms with E-state index in [-0.39, 0.29) is 23.5 Å². The van der Waals surface area contributed by atoms with Crippen LogP contribution in [0.25, 0.3) is 11.2 Å². The Labute approximate surface area is 167 Å². The van der Waals surface area contributed by atoms with Gasteiger partial charge in [0, 0.05) is 19.0 Å². The summed E-state index contributed by atoms with van der Waals surface area (Å²) in [7, 11) is 0. The molecule has 1 aliphatic rings. The second-order valence-electron chi connectivity index (χ2n) is 6.62. The van der Waals surface area contributed by atoms with Gasteiger partial charge in [0.15, 0.2) is 11.5 Å². The first-order valence-electron chi connectivity index (χ1n) is 8.89. The van der Waals surface area contributed by atoms with Gasteiger partial charge in [-0.05, 0) is 32.2 Å². The summed E-state index contributed by atoms with van der Waals surface area (Å²) in [6.45, 7) is 5.80. The van der Waals surface area contributed by atoms with Gasteiger partial charge in [0.1, 0.15) is 6.10 Å². The molecule has 0 N–H and O–H groups in total. The lowest BCUT2D eigenvalue weighted by molar-refractivity contribution is -0.251. The molecule has 12 heteroatoms. The summed E-state index contributed by atoms with van der Waals surface area (Å²) in [5, 5.41) is 7.05. The van der Waals surface area contributed by atoms with E-state index in [4.69, 9.17) is 4.74 Å². The van der Waals surface area contributed by atoms with Crippen molar-refractivity contribution in [1.82, 2.24) is 19.6 Å². The fourth-order valence-corrected chi connectivity index (χ4v) is 2.79. The summed E-state index contributed by atoms with van der Waals surface area (Å²) < 4.78 is 79.0. The predicted molar refractivity (Wildman–Crippen MR) is 96.7 cm³/mol. The van der Waals surface area contributed by atoms with Crippen LogP contribution in [0.2, 0.25) is 0 Å². The number of ether oxygens (including phenoxy) is 2. The SMILES string of the molecule is C=N/C(OC1CC(F)(F)C1)=C(F)\C=C(/C)c1cn2c(C(F)(F)OCC)nnc2cn1. The molecule has 1 saturated carbocycles. The molecule has 2 aromatic rings. The first kappa shape index (κ1) is 21.8. The normalized spacial score (nSPS) is 18.2. The van der Waals surface area contributed by atoms with E-state index in [1.165, 1.54) is 26.2 Å². The molecule has 3 rings (SSSR count). The average Bonchev–Trinajstić information content (AvgIpc) is 3.08. The highest BCUT2D eigenvalue weighted by Crippen LogP contribution is 2.40. The van der Waals surface area contributed by atoms with Gasteiger partial charge in [-0.15, -0.1) is 10.2 Å². The van der Waals surface area contributed by atoms with E-state index in [2.05, 4.69) is 31.6 Å². The monoisotopic (exact) mass is 431 g/mol. The van der Waals surface area contributed by atoms with Crippen LogP contribution >= 0.6 is 0 Å². The number of rotatable bonds is 8. The van der Waals surface area contributed by atoms with Gasteiger partial charge in [-0.2, -0.15) is 8.78 Å². The van der Waals surface area contributed by atoms with Crippen LogP contribution in [-0.2, 0) is 15.6 Å². The van der Waals surface area contributed by atoms with Gasteiger partial charge in [-0.3, -0.25) is 9.38 Å². The fourth-order valence-electron chi connectivity index (χ4n) is 2.79. The van der Waals surface area contributed by atoms with E-state index >= 15 is 0 Å². The van der Waals surface area contributed by atoms with Gasteiger partial charge < -0.3 is 9.47 Å². The molecule has 0 unspecified atom stereocenters. The average molecular weight is 431 g/mol. The molecule has 1 aliphatic carbocycles. The van der Waals surface area contributed by atoms with Gasteiger partial charge in [-0.25, -0.2) is 18.2 Å². The number of fused-ring (bicyclic) bond motifs is 1. The van der Waals surface area contributed by atoms with Gasteiger partial charge in [0.25, 0.3) is 5.92 Å². The van der Waals surface area contributed by atoms with Crippen LogP contribution in [0.3, 0.4) is 0 Å². The van der Waals surface area contributed by atoms with Crippen molar-refractivity contribution in [3.8, 4) is 0 Å². The molecular formula is C18H18F5N5O2. The fraction of sp³-hybridized carbons (Fsp3) is 0.444. The molecule has 0 radical (unpaired) electrons. The summed E-state index contributed by atoms with van der Waals surface area (Å²) in [6.07, 6.45) is -2.25. The second-order valence-corrected chi connectivity index (χ2v) is 6.62. The Bertz CT molecular complexity index is 1010. The van der Waals surface area contributed by atoms with Crippen molar-refractivity contribution in [3.05, 3.63) is 41.7 Å². The molecular weight excluding hydrogens is 413 g/mol. The highest BCUT2D eigenvalue weighted by Gasteiger charge is 2.47. The molecule has 1 fully saturated rings. The molecule has 0 aromatic carbocycles. The maximum absolute atomic E-state index is 14.5. The maximum Gasteiger partial charge on any atom is 0.418 e. The number of hydrogen-bond donors (Lipinski definition) is 0. The molecule has 30 heavy (non-hydrogen) atoms. The third-order valence-electron chi connectivity index (χ3n) is 4.30. The summed E-state index contributed by atoms with van der Waals surface area (Å²) in [6, 6.07) is 0. The maximum atomic E-state index is 14.5. The number of alkyl halides is 4. The smallest absolute Gasteiger partial charge is 0.418 e. The van der Waals surface area contributed by atoms with E-state index in [0.29, 0.717) is 0 Å². The molecule has 0 spiro atoms. The highest BCUT2D eigenvalue weighted by atomic mass is 19.3. The van der Waals surface area contributed by atoms with E-state index in [1.807, 2.05) is 0 Å². The molecule has 162 valence electrons. The predicted octanol–water partition coefficient (Wildman–Crippen LogP) is 4.27. The Kier molecular flexibility index (Phi) is 5.88. The number of nitrogens with zero attached hydrogens (tertiary/aromatic N) is 5. The number of allylic oxidation sites excluding steroid dienone is 3. The van der Waals surface area contributed by atoms with Gasteiger partial charge in [-0.1, -0.05) is 0 Å². The molecule has 7 nitrogen and oxygen atoms in total. The zero-order valence-corrected chi connectivity index (χ0v) is 16.1. The molecule has 2 aromatic heterocycles. The summed E-state index contributed by atoms with van der Waals surface area (Å²) in [5.41, 5.74) is 0.390. The van der Waals surface area contributed by atoms with E-state index in [0.717, 1.165) is 10.5 Å². The molecule has 0 aliphatic heterocycles. The minimum Gasteiger partial charge on any atom is -0.472 e. The Hall–Kier alpha value is -2.89. The summed E-state index contributed by atoms with van der Waals surface area (Å²) in [4.78, 5) is 7.44. The number of hydrogen-bond acceptors (Lipinski definition) is 6. The standard InChI is InChI=1S/C18H18F5N5O2/c1-4-29-18(22,23)16-27-26-14-8-25-13(9-28(14)16)10(2)5-12(19)15(24-3)30-11-6-17(20,21)7-11/h5,8-9,11H,3-4,6-7H2,1-2H3/b10-5+,15-12-. The van der Waals surface area contributed by atoms with Crippen molar-refractivity contribution in [3.63, 3.8) is 0 Å². The quantitative estimate of drug-likeness (QED) is 0.270. The first-order valence-corrected chi connectivity index (χ1v) is 8.89.